The van der Waals surface area contributed by atoms with Gasteiger partial charge in [0, 0.05) is 41.7 Å². The monoisotopic (exact) mass is 720 g/mol. The Bertz CT molecular complexity index is 2140. The lowest BCUT2D eigenvalue weighted by Crippen LogP contribution is -2.58. The van der Waals surface area contributed by atoms with Crippen LogP contribution in [0.25, 0.3) is 32.9 Å². The van der Waals surface area contributed by atoms with E-state index in [1.807, 2.05) is 0 Å². The lowest BCUT2D eigenvalue weighted by atomic mass is 9.95. The summed E-state index contributed by atoms with van der Waals surface area (Å²) in [5.41, 5.74) is 0.134. The number of rotatable bonds is 7. The first kappa shape index (κ1) is 33.5. The van der Waals surface area contributed by atoms with Gasteiger partial charge in [0.2, 0.25) is 0 Å². The smallest absolute Gasteiger partial charge is 0.411 e. The van der Waals surface area contributed by atoms with Crippen molar-refractivity contribution in [2.75, 3.05) is 37.8 Å². The number of nitrogens with zero attached hydrogens (tertiary/aromatic N) is 5. The molecule has 0 spiro atoms. The fourth-order valence-corrected chi connectivity index (χ4v) is 9.66. The van der Waals surface area contributed by atoms with Crippen LogP contribution >= 0.6 is 0 Å². The fourth-order valence-electron chi connectivity index (χ4n) is 9.66. The van der Waals surface area contributed by atoms with Gasteiger partial charge in [-0.25, -0.2) is 13.8 Å². The Labute approximate surface area is 296 Å². The predicted molar refractivity (Wildman–Crippen MR) is 183 cm³/mol. The summed E-state index contributed by atoms with van der Waals surface area (Å²) in [4.78, 5) is 19.0. The SMILES string of the molecule is C#Cc1c(F)ccc2cc(O)cc(-c3nc4c5c(nc(OC[C@@]67CCCN6[C@H](COCC(F)(F)F)CC7)nc5c3F)N3C[C@H]5CC[C@H](N5)[C@H]3CC4)c12. The summed E-state index contributed by atoms with van der Waals surface area (Å²) in [6, 6.07) is 5.87. The minimum absolute atomic E-state index is 0.00677. The predicted octanol–water partition coefficient (Wildman–Crippen LogP) is 6.02. The highest BCUT2D eigenvalue weighted by molar-refractivity contribution is 6.03. The number of aromatic nitrogens is 3. The van der Waals surface area contributed by atoms with Gasteiger partial charge in [0.05, 0.1) is 28.8 Å². The Morgan fingerprint density at radius 3 is 2.75 bits per heavy atom. The highest BCUT2D eigenvalue weighted by atomic mass is 19.4. The van der Waals surface area contributed by atoms with E-state index in [2.05, 4.69) is 21.0 Å². The number of phenolic OH excluding ortho intramolecular Hbond substituents is 1. The number of halogens is 5. The third-order valence-electron chi connectivity index (χ3n) is 11.9. The number of terminal acetylenes is 1. The standard InChI is InChI=1S/C38H37F5N6O3/c1-2-24-26(39)6-4-20-14-23(50)15-25(30(20)24)33-32(40)34-31-28(45-33)8-9-29-27-7-5-21(44-27)16-48(29)35(31)47-36(46-34)52-18-37-11-3-13-49(37)22(10-12-37)17-51-19-38(41,42)43/h1,4,6,14-15,21-22,27,29,44,50H,3,5,7-13,16-19H2/t21-,22+,27+,29-,37+/m1/s1. The average Bonchev–Trinajstić information content (AvgIpc) is 3.78. The van der Waals surface area contributed by atoms with Crippen molar-refractivity contribution in [2.45, 2.75) is 87.2 Å². The lowest BCUT2D eigenvalue weighted by molar-refractivity contribution is -0.177. The molecule has 4 fully saturated rings. The third-order valence-corrected chi connectivity index (χ3v) is 11.9. The molecule has 272 valence electrons. The maximum Gasteiger partial charge on any atom is 0.411 e. The van der Waals surface area contributed by atoms with Crippen LogP contribution < -0.4 is 15.0 Å². The summed E-state index contributed by atoms with van der Waals surface area (Å²) in [6.07, 6.45) is 7.66. The molecule has 0 radical (unpaired) electrons. The maximum absolute atomic E-state index is 17.2. The van der Waals surface area contributed by atoms with Crippen molar-refractivity contribution in [1.82, 2.24) is 25.2 Å². The van der Waals surface area contributed by atoms with Crippen LogP contribution in [-0.4, -0.2) is 93.8 Å². The first-order valence-electron chi connectivity index (χ1n) is 17.9. The van der Waals surface area contributed by atoms with Crippen molar-refractivity contribution in [2.24, 2.45) is 0 Å². The molecular weight excluding hydrogens is 683 g/mol. The molecule has 14 heteroatoms. The molecule has 0 aliphatic carbocycles. The van der Waals surface area contributed by atoms with Gasteiger partial charge in [0.15, 0.2) is 5.82 Å². The molecule has 4 saturated heterocycles. The summed E-state index contributed by atoms with van der Waals surface area (Å²) in [6.45, 7) is 0.255. The Hall–Kier alpha value is -4.32. The van der Waals surface area contributed by atoms with Crippen molar-refractivity contribution in [1.29, 1.82) is 0 Å². The van der Waals surface area contributed by atoms with Crippen LogP contribution in [0.4, 0.5) is 27.8 Å². The fraction of sp³-hybridized carbons (Fsp3) is 0.500. The number of hydrogen-bond donors (Lipinski definition) is 2. The van der Waals surface area contributed by atoms with E-state index in [0.717, 1.165) is 32.1 Å². The van der Waals surface area contributed by atoms with Crippen LogP contribution in [0.2, 0.25) is 0 Å². The molecular formula is C38H37F5N6O3. The quantitative estimate of drug-likeness (QED) is 0.176. The van der Waals surface area contributed by atoms with Gasteiger partial charge in [-0.3, -0.25) is 4.90 Å². The van der Waals surface area contributed by atoms with E-state index < -0.39 is 30.0 Å². The number of benzene rings is 2. The first-order chi connectivity index (χ1) is 25.0. The van der Waals surface area contributed by atoms with Gasteiger partial charge in [0.25, 0.3) is 0 Å². The molecule has 2 aromatic heterocycles. The number of ether oxygens (including phenoxy) is 2. The van der Waals surface area contributed by atoms with Crippen LogP contribution in [0.15, 0.2) is 24.3 Å². The number of fused-ring (bicyclic) bond motifs is 7. The van der Waals surface area contributed by atoms with Crippen LogP contribution in [0.1, 0.15) is 56.2 Å². The van der Waals surface area contributed by atoms with Gasteiger partial charge in [-0.1, -0.05) is 12.0 Å². The van der Waals surface area contributed by atoms with Crippen LogP contribution in [-0.2, 0) is 11.2 Å². The van der Waals surface area contributed by atoms with Gasteiger partial charge in [-0.15, -0.1) is 6.42 Å². The van der Waals surface area contributed by atoms with E-state index in [1.54, 1.807) is 0 Å². The minimum Gasteiger partial charge on any atom is -0.508 e. The Morgan fingerprint density at radius 1 is 1.06 bits per heavy atom. The minimum atomic E-state index is -4.39. The Kier molecular flexibility index (Phi) is 7.98. The molecule has 2 bridgehead atoms. The van der Waals surface area contributed by atoms with E-state index in [0.29, 0.717) is 54.6 Å². The highest BCUT2D eigenvalue weighted by Gasteiger charge is 2.50. The summed E-state index contributed by atoms with van der Waals surface area (Å²) >= 11 is 0. The van der Waals surface area contributed by atoms with E-state index in [-0.39, 0.29) is 76.9 Å². The second-order valence-corrected chi connectivity index (χ2v) is 14.9. The van der Waals surface area contributed by atoms with Crippen LogP contribution in [0.5, 0.6) is 11.8 Å². The second-order valence-electron chi connectivity index (χ2n) is 14.9. The summed E-state index contributed by atoms with van der Waals surface area (Å²) in [5, 5.41) is 15.6. The normalized spacial score (nSPS) is 26.8. The molecule has 4 aromatic rings. The highest BCUT2D eigenvalue weighted by Crippen LogP contribution is 2.45. The first-order valence-corrected chi connectivity index (χ1v) is 17.9. The number of aryl methyl sites for hydroxylation is 1. The van der Waals surface area contributed by atoms with E-state index in [1.165, 1.54) is 24.3 Å². The van der Waals surface area contributed by atoms with Gasteiger partial charge in [-0.2, -0.15) is 23.1 Å². The Morgan fingerprint density at radius 2 is 1.92 bits per heavy atom. The molecule has 5 atom stereocenters. The number of pyridine rings is 1. The molecule has 0 saturated carbocycles. The average molecular weight is 721 g/mol. The molecule has 9 nitrogen and oxygen atoms in total. The van der Waals surface area contributed by atoms with Gasteiger partial charge >= 0.3 is 12.2 Å². The number of aromatic hydroxyl groups is 1. The molecule has 0 amide bonds. The Balaban J connectivity index is 1.14. The second kappa shape index (κ2) is 12.4. The van der Waals surface area contributed by atoms with Crippen molar-refractivity contribution in [3.05, 3.63) is 47.2 Å². The van der Waals surface area contributed by atoms with E-state index in [4.69, 9.17) is 30.8 Å². The van der Waals surface area contributed by atoms with Crippen molar-refractivity contribution < 1.29 is 36.5 Å². The number of anilines is 1. The van der Waals surface area contributed by atoms with Crippen LogP contribution in [0.3, 0.4) is 0 Å². The van der Waals surface area contributed by atoms with Crippen molar-refractivity contribution in [3.8, 4) is 35.4 Å². The molecule has 5 aliphatic rings. The number of nitrogens with one attached hydrogen (secondary N) is 1. The number of hydrogen-bond acceptors (Lipinski definition) is 9. The van der Waals surface area contributed by atoms with Crippen LogP contribution in [0, 0.1) is 24.0 Å². The molecule has 5 aliphatic heterocycles. The summed E-state index contributed by atoms with van der Waals surface area (Å²) < 4.78 is 82.1. The largest absolute Gasteiger partial charge is 0.508 e. The number of phenols is 1. The number of alkyl halides is 3. The van der Waals surface area contributed by atoms with Crippen molar-refractivity contribution in [3.63, 3.8) is 0 Å². The molecule has 0 unspecified atom stereocenters. The molecule has 9 rings (SSSR count). The summed E-state index contributed by atoms with van der Waals surface area (Å²) in [5.74, 6) is 1.37. The lowest BCUT2D eigenvalue weighted by Gasteiger charge is -2.41. The molecule has 2 N–H and O–H groups in total. The zero-order valence-corrected chi connectivity index (χ0v) is 28.3. The number of piperazine rings is 1. The zero-order chi connectivity index (χ0) is 35.9. The molecule has 2 aromatic carbocycles. The molecule has 52 heavy (non-hydrogen) atoms. The van der Waals surface area contributed by atoms with Crippen molar-refractivity contribution >= 4 is 27.5 Å². The summed E-state index contributed by atoms with van der Waals surface area (Å²) in [7, 11) is 0. The molecule has 7 heterocycles. The zero-order valence-electron chi connectivity index (χ0n) is 28.3. The van der Waals surface area contributed by atoms with Gasteiger partial charge in [0.1, 0.15) is 41.8 Å². The topological polar surface area (TPSA) is 95.9 Å². The van der Waals surface area contributed by atoms with E-state index in [9.17, 15) is 18.3 Å². The van der Waals surface area contributed by atoms with Gasteiger partial charge in [-0.05, 0) is 81.5 Å². The third kappa shape index (κ3) is 5.51. The maximum atomic E-state index is 17.2. The van der Waals surface area contributed by atoms with Gasteiger partial charge < -0.3 is 24.8 Å². The van der Waals surface area contributed by atoms with E-state index >= 15 is 8.78 Å².